The second-order valence-corrected chi connectivity index (χ2v) is 7.12. The number of nitrogens with zero attached hydrogens (tertiary/aromatic N) is 1. The van der Waals surface area contributed by atoms with E-state index in [4.69, 9.17) is 14.2 Å². The highest BCUT2D eigenvalue weighted by atomic mass is 16.5. The van der Waals surface area contributed by atoms with Gasteiger partial charge in [-0.25, -0.2) is 0 Å². The first-order chi connectivity index (χ1) is 12.0. The maximum atomic E-state index is 5.55. The van der Waals surface area contributed by atoms with E-state index in [1.54, 1.807) is 21.3 Å². The van der Waals surface area contributed by atoms with Crippen LogP contribution in [0.5, 0.6) is 11.5 Å². The molecule has 1 aromatic carbocycles. The first-order valence-corrected chi connectivity index (χ1v) is 8.89. The van der Waals surface area contributed by atoms with Gasteiger partial charge in [0.15, 0.2) is 11.5 Å². The van der Waals surface area contributed by atoms with Gasteiger partial charge in [0, 0.05) is 18.6 Å². The molecule has 0 aromatic heterocycles. The van der Waals surface area contributed by atoms with Crippen LogP contribution in [-0.4, -0.2) is 38.8 Å². The molecule has 2 atom stereocenters. The molecule has 0 spiro atoms. The fourth-order valence-corrected chi connectivity index (χ4v) is 4.08. The third-order valence-electron chi connectivity index (χ3n) is 5.57. The SMILES string of the molecule is CO/C(C)=C/C1=C(C)CN2[C@@H](C)Cc3cc(OC)c(OC)cc3[C@@H]2C1. The van der Waals surface area contributed by atoms with Gasteiger partial charge in [0.1, 0.15) is 0 Å². The minimum atomic E-state index is 0.373. The van der Waals surface area contributed by atoms with Crippen molar-refractivity contribution in [3.05, 3.63) is 46.2 Å². The summed E-state index contributed by atoms with van der Waals surface area (Å²) in [6.45, 7) is 7.57. The van der Waals surface area contributed by atoms with Crippen LogP contribution < -0.4 is 9.47 Å². The van der Waals surface area contributed by atoms with Gasteiger partial charge in [-0.15, -0.1) is 0 Å². The highest BCUT2D eigenvalue weighted by Gasteiger charge is 2.36. The largest absolute Gasteiger partial charge is 0.501 e. The molecule has 0 radical (unpaired) electrons. The molecule has 0 amide bonds. The molecule has 2 aliphatic rings. The van der Waals surface area contributed by atoms with E-state index in [2.05, 4.69) is 37.0 Å². The van der Waals surface area contributed by atoms with E-state index in [9.17, 15) is 0 Å². The van der Waals surface area contributed by atoms with Gasteiger partial charge in [-0.05, 0) is 68.5 Å². The summed E-state index contributed by atoms with van der Waals surface area (Å²) in [5.41, 5.74) is 5.56. The zero-order valence-corrected chi connectivity index (χ0v) is 16.2. The van der Waals surface area contributed by atoms with Crippen molar-refractivity contribution in [3.63, 3.8) is 0 Å². The van der Waals surface area contributed by atoms with Crippen molar-refractivity contribution in [2.45, 2.75) is 45.7 Å². The molecule has 0 unspecified atom stereocenters. The molecule has 0 saturated heterocycles. The molecular weight excluding hydrogens is 314 g/mol. The molecule has 3 rings (SSSR count). The molecular formula is C21H29NO3. The molecule has 1 aromatic rings. The summed E-state index contributed by atoms with van der Waals surface area (Å²) < 4.78 is 16.4. The Morgan fingerprint density at radius 2 is 1.80 bits per heavy atom. The van der Waals surface area contributed by atoms with Crippen molar-refractivity contribution < 1.29 is 14.2 Å². The molecule has 4 nitrogen and oxygen atoms in total. The van der Waals surface area contributed by atoms with E-state index in [0.29, 0.717) is 12.1 Å². The number of benzene rings is 1. The Bertz CT molecular complexity index is 720. The molecule has 2 aliphatic heterocycles. The molecule has 136 valence electrons. The van der Waals surface area contributed by atoms with Crippen LogP contribution in [0.25, 0.3) is 0 Å². The normalized spacial score (nSPS) is 23.8. The molecule has 4 heteroatoms. The Morgan fingerprint density at radius 1 is 1.12 bits per heavy atom. The van der Waals surface area contributed by atoms with Gasteiger partial charge in [0.05, 0.1) is 27.1 Å². The minimum Gasteiger partial charge on any atom is -0.501 e. The average Bonchev–Trinajstić information content (AvgIpc) is 2.61. The number of hydrogen-bond donors (Lipinski definition) is 0. The zero-order chi connectivity index (χ0) is 18.1. The Labute approximate surface area is 151 Å². The van der Waals surface area contributed by atoms with Crippen LogP contribution in [0, 0.1) is 0 Å². The second kappa shape index (κ2) is 7.12. The summed E-state index contributed by atoms with van der Waals surface area (Å²) >= 11 is 0. The number of hydrogen-bond acceptors (Lipinski definition) is 4. The van der Waals surface area contributed by atoms with Gasteiger partial charge in [-0.3, -0.25) is 4.90 Å². The summed E-state index contributed by atoms with van der Waals surface area (Å²) in [6.07, 6.45) is 4.23. The van der Waals surface area contributed by atoms with Crippen molar-refractivity contribution >= 4 is 0 Å². The standard InChI is InChI=1S/C21H29NO3/c1-13-12-22-14(2)7-17-10-20(24-5)21(25-6)11-18(17)19(22)9-16(13)8-15(3)23-4/h8,10-11,14,19H,7,9,12H2,1-6H3/b15-8+/t14-,19-/m0/s1. The van der Waals surface area contributed by atoms with Crippen LogP contribution in [0.1, 0.15) is 44.4 Å². The Kier molecular flexibility index (Phi) is 5.09. The zero-order valence-electron chi connectivity index (χ0n) is 16.2. The lowest BCUT2D eigenvalue weighted by atomic mass is 9.81. The molecule has 25 heavy (non-hydrogen) atoms. The summed E-state index contributed by atoms with van der Waals surface area (Å²) in [4.78, 5) is 2.61. The average molecular weight is 343 g/mol. The monoisotopic (exact) mass is 343 g/mol. The number of rotatable bonds is 4. The summed E-state index contributed by atoms with van der Waals surface area (Å²) in [5, 5.41) is 0. The van der Waals surface area contributed by atoms with Crippen LogP contribution in [0.15, 0.2) is 35.1 Å². The van der Waals surface area contributed by atoms with Crippen molar-refractivity contribution in [2.75, 3.05) is 27.9 Å². The van der Waals surface area contributed by atoms with Gasteiger partial charge in [-0.2, -0.15) is 0 Å². The predicted octanol–water partition coefficient (Wildman–Crippen LogP) is 4.26. The van der Waals surface area contributed by atoms with Gasteiger partial charge >= 0.3 is 0 Å². The van der Waals surface area contributed by atoms with E-state index < -0.39 is 0 Å². The van der Waals surface area contributed by atoms with Crippen molar-refractivity contribution in [1.29, 1.82) is 0 Å². The van der Waals surface area contributed by atoms with Gasteiger partial charge in [0.2, 0.25) is 0 Å². The molecule has 0 saturated carbocycles. The van der Waals surface area contributed by atoms with Crippen molar-refractivity contribution in [1.82, 2.24) is 4.90 Å². The van der Waals surface area contributed by atoms with Crippen molar-refractivity contribution in [3.8, 4) is 11.5 Å². The first kappa shape index (κ1) is 17.9. The lowest BCUT2D eigenvalue weighted by Gasteiger charge is -2.45. The Morgan fingerprint density at radius 3 is 2.44 bits per heavy atom. The Hall–Kier alpha value is -1.94. The number of methoxy groups -OCH3 is 3. The minimum absolute atomic E-state index is 0.373. The van der Waals surface area contributed by atoms with Crippen LogP contribution in [0.4, 0.5) is 0 Å². The fourth-order valence-electron chi connectivity index (χ4n) is 4.08. The van der Waals surface area contributed by atoms with Crippen molar-refractivity contribution in [2.24, 2.45) is 0 Å². The molecule has 0 fully saturated rings. The van der Waals surface area contributed by atoms with E-state index in [1.165, 1.54) is 22.3 Å². The van der Waals surface area contributed by atoms with Crippen LogP contribution in [-0.2, 0) is 11.2 Å². The van der Waals surface area contributed by atoms with Gasteiger partial charge in [-0.1, -0.05) is 5.57 Å². The second-order valence-electron chi connectivity index (χ2n) is 7.12. The predicted molar refractivity (Wildman–Crippen MR) is 100 cm³/mol. The van der Waals surface area contributed by atoms with Gasteiger partial charge < -0.3 is 14.2 Å². The number of fused-ring (bicyclic) bond motifs is 3. The molecule has 0 N–H and O–H groups in total. The first-order valence-electron chi connectivity index (χ1n) is 8.89. The molecule has 2 heterocycles. The third-order valence-corrected chi connectivity index (χ3v) is 5.57. The van der Waals surface area contributed by atoms with Crippen LogP contribution in [0.2, 0.25) is 0 Å². The lowest BCUT2D eigenvalue weighted by Crippen LogP contribution is -2.45. The van der Waals surface area contributed by atoms with E-state index in [-0.39, 0.29) is 0 Å². The number of ether oxygens (including phenoxy) is 3. The Balaban J connectivity index is 2.04. The highest BCUT2D eigenvalue weighted by molar-refractivity contribution is 5.51. The summed E-state index contributed by atoms with van der Waals surface area (Å²) in [7, 11) is 5.13. The number of allylic oxidation sites excluding steroid dienone is 2. The third kappa shape index (κ3) is 3.28. The van der Waals surface area contributed by atoms with Gasteiger partial charge in [0.25, 0.3) is 0 Å². The molecule has 0 bridgehead atoms. The maximum absolute atomic E-state index is 5.55. The summed E-state index contributed by atoms with van der Waals surface area (Å²) in [6, 6.07) is 5.21. The lowest BCUT2D eigenvalue weighted by molar-refractivity contribution is 0.130. The van der Waals surface area contributed by atoms with E-state index in [0.717, 1.165) is 36.6 Å². The highest BCUT2D eigenvalue weighted by Crippen LogP contribution is 2.45. The quantitative estimate of drug-likeness (QED) is 0.764. The van der Waals surface area contributed by atoms with E-state index >= 15 is 0 Å². The topological polar surface area (TPSA) is 30.9 Å². The van der Waals surface area contributed by atoms with E-state index in [1.807, 2.05) is 6.92 Å². The molecule has 0 aliphatic carbocycles. The van der Waals surface area contributed by atoms with Crippen LogP contribution >= 0.6 is 0 Å². The smallest absolute Gasteiger partial charge is 0.161 e. The summed E-state index contributed by atoms with van der Waals surface area (Å²) in [5.74, 6) is 2.59. The maximum Gasteiger partial charge on any atom is 0.161 e. The fraction of sp³-hybridized carbons (Fsp3) is 0.524. The van der Waals surface area contributed by atoms with Crippen LogP contribution in [0.3, 0.4) is 0 Å².